The number of hydrogen-bond acceptors (Lipinski definition) is 6. The second-order valence-electron chi connectivity index (χ2n) is 6.81. The molecule has 1 fully saturated rings. The van der Waals surface area contributed by atoms with Crippen molar-refractivity contribution in [1.29, 1.82) is 5.26 Å². The summed E-state index contributed by atoms with van der Waals surface area (Å²) >= 11 is 1.52. The molecule has 1 aliphatic rings. The first kappa shape index (κ1) is 20.5. The molecule has 1 aromatic heterocycles. The van der Waals surface area contributed by atoms with Crippen molar-refractivity contribution in [1.82, 2.24) is 14.7 Å². The number of amides is 2. The molecule has 1 atom stereocenters. The number of anilines is 1. The number of benzene rings is 2. The molecule has 2 heterocycles. The average Bonchev–Trinajstić information content (AvgIpc) is 3.49. The lowest BCUT2D eigenvalue weighted by atomic mass is 10.2. The highest BCUT2D eigenvalue weighted by Crippen LogP contribution is 2.24. The largest absolute Gasteiger partial charge is 0.497 e. The molecule has 1 N–H and O–H groups in total. The number of rotatable bonds is 5. The van der Waals surface area contributed by atoms with Crippen molar-refractivity contribution >= 4 is 29.3 Å². The Labute approximate surface area is 183 Å². The zero-order valence-electron chi connectivity index (χ0n) is 16.7. The minimum Gasteiger partial charge on any atom is -0.497 e. The molecule has 1 aliphatic heterocycles. The summed E-state index contributed by atoms with van der Waals surface area (Å²) in [6.45, 7) is 0. The predicted octanol–water partition coefficient (Wildman–Crippen LogP) is 2.91. The molecule has 3 aromatic rings. The van der Waals surface area contributed by atoms with E-state index in [1.807, 2.05) is 30.3 Å². The lowest BCUT2D eigenvalue weighted by molar-refractivity contribution is -0.119. The van der Waals surface area contributed by atoms with Gasteiger partial charge in [0.2, 0.25) is 5.91 Å². The van der Waals surface area contributed by atoms with Crippen molar-refractivity contribution in [2.24, 2.45) is 0 Å². The number of nitriles is 1. The van der Waals surface area contributed by atoms with Gasteiger partial charge < -0.3 is 15.0 Å². The van der Waals surface area contributed by atoms with Gasteiger partial charge in [0.15, 0.2) is 5.69 Å². The number of methoxy groups -OCH3 is 1. The fourth-order valence-corrected chi connectivity index (χ4v) is 4.33. The Morgan fingerprint density at radius 2 is 1.90 bits per heavy atom. The first-order chi connectivity index (χ1) is 15.1. The SMILES string of the molecule is COc1ccc(-n2ccc(C(=O)N3CSCC3C(=O)Nc3ccc(C#N)cc3)n2)cc1. The van der Waals surface area contributed by atoms with Gasteiger partial charge >= 0.3 is 0 Å². The fourth-order valence-electron chi connectivity index (χ4n) is 3.18. The number of hydrogen-bond donors (Lipinski definition) is 1. The molecule has 0 bridgehead atoms. The Morgan fingerprint density at radius 3 is 2.58 bits per heavy atom. The molecule has 9 heteroatoms. The van der Waals surface area contributed by atoms with Crippen molar-refractivity contribution < 1.29 is 14.3 Å². The lowest BCUT2D eigenvalue weighted by Crippen LogP contribution is -2.44. The van der Waals surface area contributed by atoms with Gasteiger partial charge in [0, 0.05) is 17.6 Å². The Kier molecular flexibility index (Phi) is 5.91. The summed E-state index contributed by atoms with van der Waals surface area (Å²) in [6.07, 6.45) is 1.71. The van der Waals surface area contributed by atoms with E-state index < -0.39 is 6.04 Å². The van der Waals surface area contributed by atoms with Crippen molar-refractivity contribution in [3.63, 3.8) is 0 Å². The van der Waals surface area contributed by atoms with Gasteiger partial charge in [0.25, 0.3) is 5.91 Å². The van der Waals surface area contributed by atoms with E-state index in [0.29, 0.717) is 22.9 Å². The summed E-state index contributed by atoms with van der Waals surface area (Å²) in [6, 6.07) is 17.0. The third kappa shape index (κ3) is 4.39. The number of ether oxygens (including phenoxy) is 1. The maximum absolute atomic E-state index is 13.0. The smallest absolute Gasteiger partial charge is 0.275 e. The van der Waals surface area contributed by atoms with E-state index in [-0.39, 0.29) is 17.5 Å². The molecule has 0 radical (unpaired) electrons. The summed E-state index contributed by atoms with van der Waals surface area (Å²) in [5.74, 6) is 1.10. The highest BCUT2D eigenvalue weighted by molar-refractivity contribution is 7.99. The summed E-state index contributed by atoms with van der Waals surface area (Å²) in [5, 5.41) is 16.1. The molecule has 1 unspecified atom stereocenters. The van der Waals surface area contributed by atoms with Crippen LogP contribution in [-0.4, -0.2) is 51.3 Å². The van der Waals surface area contributed by atoms with E-state index in [0.717, 1.165) is 11.4 Å². The molecule has 2 amide bonds. The summed E-state index contributed by atoms with van der Waals surface area (Å²) in [7, 11) is 1.60. The second kappa shape index (κ2) is 8.93. The Morgan fingerprint density at radius 1 is 1.16 bits per heavy atom. The van der Waals surface area contributed by atoms with Crippen molar-refractivity contribution in [2.75, 3.05) is 24.1 Å². The average molecular weight is 433 g/mol. The van der Waals surface area contributed by atoms with E-state index >= 15 is 0 Å². The van der Waals surface area contributed by atoms with Gasteiger partial charge in [-0.3, -0.25) is 9.59 Å². The van der Waals surface area contributed by atoms with Gasteiger partial charge in [0.05, 0.1) is 30.3 Å². The summed E-state index contributed by atoms with van der Waals surface area (Å²) in [5.41, 5.74) is 2.16. The first-order valence-corrected chi connectivity index (χ1v) is 10.6. The molecule has 0 spiro atoms. The summed E-state index contributed by atoms with van der Waals surface area (Å²) < 4.78 is 6.77. The van der Waals surface area contributed by atoms with Crippen LogP contribution in [0.5, 0.6) is 5.75 Å². The van der Waals surface area contributed by atoms with Crippen LogP contribution in [0.2, 0.25) is 0 Å². The van der Waals surface area contributed by atoms with Crippen molar-refractivity contribution in [3.05, 3.63) is 72.1 Å². The van der Waals surface area contributed by atoms with Crippen LogP contribution < -0.4 is 10.1 Å². The second-order valence-corrected chi connectivity index (χ2v) is 7.81. The summed E-state index contributed by atoms with van der Waals surface area (Å²) in [4.78, 5) is 27.4. The van der Waals surface area contributed by atoms with Crippen LogP contribution in [-0.2, 0) is 4.79 Å². The zero-order valence-corrected chi connectivity index (χ0v) is 17.5. The highest BCUT2D eigenvalue weighted by atomic mass is 32.2. The van der Waals surface area contributed by atoms with Gasteiger partial charge in [-0.25, -0.2) is 4.68 Å². The monoisotopic (exact) mass is 433 g/mol. The number of nitrogens with zero attached hydrogens (tertiary/aromatic N) is 4. The molecule has 8 nitrogen and oxygen atoms in total. The molecular weight excluding hydrogens is 414 g/mol. The third-order valence-electron chi connectivity index (χ3n) is 4.87. The molecule has 0 saturated carbocycles. The molecule has 1 saturated heterocycles. The molecule has 31 heavy (non-hydrogen) atoms. The molecule has 4 rings (SSSR count). The topological polar surface area (TPSA) is 100 Å². The zero-order chi connectivity index (χ0) is 21.8. The Bertz CT molecular complexity index is 1140. The normalized spacial score (nSPS) is 15.4. The molecular formula is C22H19N5O3S. The van der Waals surface area contributed by atoms with Gasteiger partial charge in [-0.15, -0.1) is 11.8 Å². The maximum atomic E-state index is 13.0. The number of carbonyl (C=O) groups is 2. The number of aromatic nitrogens is 2. The van der Waals surface area contributed by atoms with Gasteiger partial charge in [-0.2, -0.15) is 10.4 Å². The van der Waals surface area contributed by atoms with E-state index in [4.69, 9.17) is 10.00 Å². The molecule has 0 aliphatic carbocycles. The van der Waals surface area contributed by atoms with Gasteiger partial charge in [-0.05, 0) is 54.6 Å². The first-order valence-electron chi connectivity index (χ1n) is 9.49. The van der Waals surface area contributed by atoms with Crippen molar-refractivity contribution in [3.8, 4) is 17.5 Å². The van der Waals surface area contributed by atoms with E-state index in [1.54, 1.807) is 48.3 Å². The standard InChI is InChI=1S/C22H19N5O3S/c1-30-18-8-6-17(7-9-18)27-11-10-19(25-27)22(29)26-14-31-13-20(26)21(28)24-16-4-2-15(12-23)3-5-16/h2-11,20H,13-14H2,1H3,(H,24,28). The van der Waals surface area contributed by atoms with Crippen LogP contribution in [0.1, 0.15) is 16.1 Å². The van der Waals surface area contributed by atoms with Gasteiger partial charge in [-0.1, -0.05) is 0 Å². The molecule has 156 valence electrons. The van der Waals surface area contributed by atoms with Crippen LogP contribution >= 0.6 is 11.8 Å². The van der Waals surface area contributed by atoms with Crippen LogP contribution in [0.4, 0.5) is 5.69 Å². The van der Waals surface area contributed by atoms with E-state index in [2.05, 4.69) is 10.4 Å². The lowest BCUT2D eigenvalue weighted by Gasteiger charge is -2.22. The molecule has 2 aromatic carbocycles. The number of thioether (sulfide) groups is 1. The minimum atomic E-state index is -0.598. The van der Waals surface area contributed by atoms with Crippen LogP contribution in [0, 0.1) is 11.3 Å². The van der Waals surface area contributed by atoms with Crippen LogP contribution in [0.15, 0.2) is 60.8 Å². The minimum absolute atomic E-state index is 0.266. The van der Waals surface area contributed by atoms with Crippen LogP contribution in [0.3, 0.4) is 0 Å². The maximum Gasteiger partial charge on any atom is 0.275 e. The number of carbonyl (C=O) groups excluding carboxylic acids is 2. The number of nitrogens with one attached hydrogen (secondary N) is 1. The van der Waals surface area contributed by atoms with Gasteiger partial charge in [0.1, 0.15) is 11.8 Å². The highest BCUT2D eigenvalue weighted by Gasteiger charge is 2.36. The van der Waals surface area contributed by atoms with Crippen molar-refractivity contribution in [2.45, 2.75) is 6.04 Å². The third-order valence-corrected chi connectivity index (χ3v) is 5.88. The Hall–Kier alpha value is -3.77. The van der Waals surface area contributed by atoms with Crippen LogP contribution in [0.25, 0.3) is 5.69 Å². The van der Waals surface area contributed by atoms with E-state index in [1.165, 1.54) is 16.7 Å². The predicted molar refractivity (Wildman–Crippen MR) is 117 cm³/mol. The fraction of sp³-hybridized carbons (Fsp3) is 0.182. The quantitative estimate of drug-likeness (QED) is 0.664. The van der Waals surface area contributed by atoms with E-state index in [9.17, 15) is 9.59 Å². The Balaban J connectivity index is 1.46.